The van der Waals surface area contributed by atoms with Gasteiger partial charge < -0.3 is 15.2 Å². The molecule has 1 saturated heterocycles. The quantitative estimate of drug-likeness (QED) is 0.800. The zero-order valence-electron chi connectivity index (χ0n) is 11.4. The lowest BCUT2D eigenvalue weighted by atomic mass is 10.1. The summed E-state index contributed by atoms with van der Waals surface area (Å²) in [6.45, 7) is 1.16. The predicted octanol–water partition coefficient (Wildman–Crippen LogP) is 0.490. The fraction of sp³-hybridized carbons (Fsp3) is 0.267. The van der Waals surface area contributed by atoms with Crippen LogP contribution < -0.4 is 10.7 Å². The number of aromatic nitrogens is 1. The van der Waals surface area contributed by atoms with Gasteiger partial charge in [0.2, 0.25) is 11.3 Å². The number of H-pyrrole nitrogens is 1. The van der Waals surface area contributed by atoms with Gasteiger partial charge in [-0.05, 0) is 12.1 Å². The summed E-state index contributed by atoms with van der Waals surface area (Å²) in [7, 11) is 0. The summed E-state index contributed by atoms with van der Waals surface area (Å²) in [5.41, 5.74) is 0.535. The number of rotatable bonds is 1. The highest BCUT2D eigenvalue weighted by molar-refractivity contribution is 5.97. The van der Waals surface area contributed by atoms with Gasteiger partial charge in [0.1, 0.15) is 5.56 Å². The molecule has 0 spiro atoms. The number of carbonyl (C=O) groups is 2. The summed E-state index contributed by atoms with van der Waals surface area (Å²) in [5.74, 6) is -0.406. The molecule has 2 amide bonds. The van der Waals surface area contributed by atoms with Crippen molar-refractivity contribution in [2.24, 2.45) is 0 Å². The number of pyridine rings is 1. The first-order valence-electron chi connectivity index (χ1n) is 6.83. The van der Waals surface area contributed by atoms with E-state index >= 15 is 0 Å². The van der Waals surface area contributed by atoms with Crippen LogP contribution in [0.25, 0.3) is 10.9 Å². The van der Waals surface area contributed by atoms with E-state index in [1.807, 2.05) is 6.07 Å². The summed E-state index contributed by atoms with van der Waals surface area (Å²) in [6.07, 6.45) is 1.71. The van der Waals surface area contributed by atoms with E-state index in [9.17, 15) is 14.4 Å². The molecule has 1 aromatic heterocycles. The number of carbonyl (C=O) groups excluding carboxylic acids is 2. The first-order chi connectivity index (χ1) is 10.2. The average Bonchev–Trinajstić information content (AvgIpc) is 2.72. The number of nitrogens with one attached hydrogen (secondary N) is 2. The normalized spacial score (nSPS) is 15.6. The number of hydrogen-bond donors (Lipinski definition) is 2. The van der Waals surface area contributed by atoms with Crippen LogP contribution in [0, 0.1) is 0 Å². The molecule has 2 aromatic rings. The highest BCUT2D eigenvalue weighted by Crippen LogP contribution is 2.09. The van der Waals surface area contributed by atoms with E-state index in [0.29, 0.717) is 30.5 Å². The summed E-state index contributed by atoms with van der Waals surface area (Å²) in [5, 5.41) is 3.20. The van der Waals surface area contributed by atoms with Crippen molar-refractivity contribution in [1.29, 1.82) is 0 Å². The van der Waals surface area contributed by atoms with Gasteiger partial charge in [-0.25, -0.2) is 0 Å². The Morgan fingerprint density at radius 2 is 1.95 bits per heavy atom. The number of benzene rings is 1. The molecule has 2 heterocycles. The van der Waals surface area contributed by atoms with Crippen molar-refractivity contribution in [2.75, 3.05) is 19.6 Å². The first-order valence-corrected chi connectivity index (χ1v) is 6.83. The molecule has 3 rings (SSSR count). The van der Waals surface area contributed by atoms with Crippen molar-refractivity contribution >= 4 is 22.7 Å². The Morgan fingerprint density at radius 3 is 2.81 bits per heavy atom. The van der Waals surface area contributed by atoms with Crippen LogP contribution in [0.3, 0.4) is 0 Å². The molecule has 21 heavy (non-hydrogen) atoms. The summed E-state index contributed by atoms with van der Waals surface area (Å²) in [6, 6.07) is 7.07. The number of nitrogens with zero attached hydrogens (tertiary/aromatic N) is 1. The molecule has 6 nitrogen and oxygen atoms in total. The average molecular weight is 285 g/mol. The highest BCUT2D eigenvalue weighted by atomic mass is 16.2. The van der Waals surface area contributed by atoms with E-state index in [2.05, 4.69) is 10.3 Å². The topological polar surface area (TPSA) is 82.3 Å². The van der Waals surface area contributed by atoms with Crippen molar-refractivity contribution in [1.82, 2.24) is 15.2 Å². The van der Waals surface area contributed by atoms with Crippen LogP contribution in [-0.2, 0) is 4.79 Å². The zero-order valence-corrected chi connectivity index (χ0v) is 11.4. The third kappa shape index (κ3) is 2.52. The van der Waals surface area contributed by atoms with E-state index < -0.39 is 0 Å². The fourth-order valence-corrected chi connectivity index (χ4v) is 2.47. The molecule has 1 aromatic carbocycles. The van der Waals surface area contributed by atoms with Gasteiger partial charge in [-0.15, -0.1) is 0 Å². The van der Waals surface area contributed by atoms with Crippen LogP contribution in [-0.4, -0.2) is 41.3 Å². The highest BCUT2D eigenvalue weighted by Gasteiger charge is 2.22. The van der Waals surface area contributed by atoms with Crippen LogP contribution in [0.4, 0.5) is 0 Å². The summed E-state index contributed by atoms with van der Waals surface area (Å²) in [4.78, 5) is 40.7. The van der Waals surface area contributed by atoms with Crippen molar-refractivity contribution in [3.05, 3.63) is 46.2 Å². The Kier molecular flexibility index (Phi) is 3.43. The Hall–Kier alpha value is -2.63. The molecule has 0 bridgehead atoms. The lowest BCUT2D eigenvalue weighted by molar-refractivity contribution is -0.120. The minimum atomic E-state index is -0.335. The van der Waals surface area contributed by atoms with E-state index in [-0.39, 0.29) is 29.2 Å². The molecular weight excluding hydrogens is 270 g/mol. The van der Waals surface area contributed by atoms with Crippen LogP contribution in [0.1, 0.15) is 16.8 Å². The molecule has 0 atom stereocenters. The van der Waals surface area contributed by atoms with Crippen molar-refractivity contribution in [2.45, 2.75) is 6.42 Å². The van der Waals surface area contributed by atoms with Crippen LogP contribution >= 0.6 is 0 Å². The van der Waals surface area contributed by atoms with E-state index in [0.717, 1.165) is 0 Å². The third-order valence-corrected chi connectivity index (χ3v) is 3.62. The maximum absolute atomic E-state index is 12.5. The Balaban J connectivity index is 1.96. The maximum Gasteiger partial charge on any atom is 0.259 e. The standard InChI is InChI=1S/C15H15N3O3/c19-13-5-7-18(8-6-16-13)15(21)11-9-17-12-4-2-1-3-10(12)14(11)20/h1-4,9H,5-8H2,(H,16,19)(H,17,20). The molecule has 6 heteroatoms. The molecule has 0 unspecified atom stereocenters. The first kappa shape index (κ1) is 13.4. The number of amides is 2. The SMILES string of the molecule is O=C1CCN(C(=O)c2c[nH]c3ccccc3c2=O)CCN1. The molecule has 1 fully saturated rings. The summed E-state index contributed by atoms with van der Waals surface area (Å²) >= 11 is 0. The second-order valence-electron chi connectivity index (χ2n) is 4.97. The van der Waals surface area contributed by atoms with Gasteiger partial charge in [0.25, 0.3) is 5.91 Å². The van der Waals surface area contributed by atoms with E-state index in [1.54, 1.807) is 18.2 Å². The molecule has 1 aliphatic rings. The second kappa shape index (κ2) is 5.40. The van der Waals surface area contributed by atoms with Crippen LogP contribution in [0.15, 0.2) is 35.3 Å². The van der Waals surface area contributed by atoms with Gasteiger partial charge in [0, 0.05) is 43.2 Å². The van der Waals surface area contributed by atoms with Crippen LogP contribution in [0.2, 0.25) is 0 Å². The lowest BCUT2D eigenvalue weighted by Gasteiger charge is -2.19. The lowest BCUT2D eigenvalue weighted by Crippen LogP contribution is -2.36. The Bertz CT molecular complexity index is 766. The van der Waals surface area contributed by atoms with Crippen molar-refractivity contribution < 1.29 is 9.59 Å². The molecule has 2 N–H and O–H groups in total. The predicted molar refractivity (Wildman–Crippen MR) is 78.1 cm³/mol. The molecule has 0 aliphatic carbocycles. The summed E-state index contributed by atoms with van der Waals surface area (Å²) < 4.78 is 0. The third-order valence-electron chi connectivity index (χ3n) is 3.62. The smallest absolute Gasteiger partial charge is 0.259 e. The van der Waals surface area contributed by atoms with Gasteiger partial charge in [0.15, 0.2) is 0 Å². The van der Waals surface area contributed by atoms with E-state index in [1.165, 1.54) is 11.1 Å². The molecule has 1 aliphatic heterocycles. The Labute approximate surface area is 120 Å². The minimum absolute atomic E-state index is 0.0716. The molecule has 0 radical (unpaired) electrons. The largest absolute Gasteiger partial charge is 0.360 e. The van der Waals surface area contributed by atoms with Gasteiger partial charge in [-0.2, -0.15) is 0 Å². The second-order valence-corrected chi connectivity index (χ2v) is 4.97. The van der Waals surface area contributed by atoms with Crippen molar-refractivity contribution in [3.63, 3.8) is 0 Å². The van der Waals surface area contributed by atoms with Crippen LogP contribution in [0.5, 0.6) is 0 Å². The zero-order chi connectivity index (χ0) is 14.8. The monoisotopic (exact) mass is 285 g/mol. The molecule has 108 valence electrons. The van der Waals surface area contributed by atoms with Gasteiger partial charge in [-0.3, -0.25) is 14.4 Å². The maximum atomic E-state index is 12.5. The number of hydrogen-bond acceptors (Lipinski definition) is 3. The Morgan fingerprint density at radius 1 is 1.14 bits per heavy atom. The fourth-order valence-electron chi connectivity index (χ4n) is 2.47. The molecule has 0 saturated carbocycles. The van der Waals surface area contributed by atoms with E-state index in [4.69, 9.17) is 0 Å². The minimum Gasteiger partial charge on any atom is -0.360 e. The number of aromatic amines is 1. The van der Waals surface area contributed by atoms with Gasteiger partial charge in [-0.1, -0.05) is 12.1 Å². The van der Waals surface area contributed by atoms with Gasteiger partial charge >= 0.3 is 0 Å². The van der Waals surface area contributed by atoms with Crippen molar-refractivity contribution in [3.8, 4) is 0 Å². The number of fused-ring (bicyclic) bond motifs is 1. The number of para-hydroxylation sites is 1. The van der Waals surface area contributed by atoms with Gasteiger partial charge in [0.05, 0.1) is 0 Å². The molecular formula is C15H15N3O3.